The third-order valence-electron chi connectivity index (χ3n) is 20.1. The molecule has 54 heteroatoms. The predicted molar refractivity (Wildman–Crippen MR) is 355 cm³/mol. The normalized spacial score (nSPS) is 15.0. The molecule has 0 aliphatic heterocycles. The van der Waals surface area contributed by atoms with Gasteiger partial charge in [0.1, 0.15) is 0 Å². The average molecular weight is 2010 g/mol. The molecule has 5 aromatic carbocycles. The lowest BCUT2D eigenvalue weighted by Crippen LogP contribution is -2.74. The Labute approximate surface area is 699 Å². The number of hydrogen-bond donors (Lipinski definition) is 0. The zero-order valence-electron chi connectivity index (χ0n) is 68.8. The number of rotatable bonds is 24. The van der Waals surface area contributed by atoms with Crippen LogP contribution in [0.4, 0.5) is 237 Å². The minimum atomic E-state index is -9.17. The quantitative estimate of drug-likeness (QED) is 0.0540. The van der Waals surface area contributed by atoms with Crippen LogP contribution in [0.25, 0.3) is 0 Å². The molecule has 0 spiro atoms. The molecule has 0 aliphatic rings. The van der Waals surface area contributed by atoms with Crippen LogP contribution in [0.1, 0.15) is 140 Å². The lowest BCUT2D eigenvalue weighted by atomic mass is 9.83. The van der Waals surface area contributed by atoms with E-state index in [1.54, 1.807) is 0 Å². The van der Waals surface area contributed by atoms with E-state index in [0.29, 0.717) is 0 Å². The predicted octanol–water partition coefficient (Wildman–Crippen LogP) is 32.3. The maximum atomic E-state index is 14.8. The van der Waals surface area contributed by atoms with E-state index in [-0.39, 0.29) is 19.3 Å². The van der Waals surface area contributed by atoms with Crippen LogP contribution in [0, 0.1) is 96.9 Å². The van der Waals surface area contributed by atoms with Crippen LogP contribution in [0.2, 0.25) is 0 Å². The first-order chi connectivity index (χ1) is 56.2. The molecule has 0 radical (unpaired) electrons. The van der Waals surface area contributed by atoms with Crippen LogP contribution in [0.3, 0.4) is 0 Å². The Morgan fingerprint density at radius 3 is 0.485 bits per heavy atom. The van der Waals surface area contributed by atoms with E-state index in [2.05, 4.69) is 132 Å². The molecule has 0 nitrogen and oxygen atoms in total. The minimum Gasteiger partial charge on any atom is -0.200 e. The second-order valence-electron chi connectivity index (χ2n) is 30.9. The van der Waals surface area contributed by atoms with Gasteiger partial charge in [-0.2, -0.15) is 237 Å². The second kappa shape index (κ2) is 35.5. The molecule has 5 rings (SSSR count). The van der Waals surface area contributed by atoms with Gasteiger partial charge in [-0.15, -0.1) is 0 Å². The van der Waals surface area contributed by atoms with E-state index < -0.39 is 251 Å². The van der Waals surface area contributed by atoms with Crippen LogP contribution in [-0.4, -0.2) is 131 Å². The summed E-state index contributed by atoms with van der Waals surface area (Å²) in [5.41, 5.74) is -6.25. The molecule has 0 aromatic heterocycles. The number of halogens is 54. The van der Waals surface area contributed by atoms with E-state index in [1.807, 2.05) is 0 Å². The van der Waals surface area contributed by atoms with Crippen LogP contribution < -0.4 is 0 Å². The topological polar surface area (TPSA) is 0 Å². The van der Waals surface area contributed by atoms with Gasteiger partial charge in [0.2, 0.25) is 0 Å². The molecule has 0 unspecified atom stereocenters. The molecule has 0 aliphatic carbocycles. The summed E-state index contributed by atoms with van der Waals surface area (Å²) >= 11 is 0. The molecule has 0 saturated carbocycles. The van der Waals surface area contributed by atoms with Gasteiger partial charge in [0.25, 0.3) is 0 Å². The van der Waals surface area contributed by atoms with E-state index in [4.69, 9.17) is 0 Å². The fourth-order valence-electron chi connectivity index (χ4n) is 10.9. The maximum absolute atomic E-state index is 14.8. The molecule has 0 N–H and O–H groups in total. The Bertz CT molecular complexity index is 4720. The van der Waals surface area contributed by atoms with Gasteiger partial charge >= 0.3 is 154 Å². The van der Waals surface area contributed by atoms with Crippen molar-refractivity contribution in [1.29, 1.82) is 0 Å². The van der Waals surface area contributed by atoms with Crippen molar-refractivity contribution in [1.82, 2.24) is 0 Å². The number of aryl methyl sites for hydroxylation is 11. The summed E-state index contributed by atoms with van der Waals surface area (Å²) in [7, 11) is 0. The monoisotopic (exact) mass is 2010 g/mol. The highest BCUT2D eigenvalue weighted by molar-refractivity contribution is 5.47. The van der Waals surface area contributed by atoms with Crippen molar-refractivity contribution in [2.45, 2.75) is 291 Å². The average Bonchev–Trinajstić information content (AvgIpc) is 0.692. The number of hydrogen-bond acceptors (Lipinski definition) is 0. The lowest BCUT2D eigenvalue weighted by molar-refractivity contribution is -0.462. The lowest BCUT2D eigenvalue weighted by Gasteiger charge is -2.43. The Hall–Kier alpha value is -7.68. The molecular formula is C76H68F54. The van der Waals surface area contributed by atoms with Crippen molar-refractivity contribution in [3.8, 4) is 0 Å². The summed E-state index contributed by atoms with van der Waals surface area (Å²) < 4.78 is 737. The van der Waals surface area contributed by atoms with Crippen molar-refractivity contribution in [3.05, 3.63) is 172 Å². The molecule has 5 aromatic rings. The Kier molecular flexibility index (Phi) is 32.9. The van der Waals surface area contributed by atoms with E-state index in [0.717, 1.165) is 0 Å². The molecule has 750 valence electrons. The van der Waals surface area contributed by atoms with E-state index in [9.17, 15) is 237 Å². The molecule has 130 heavy (non-hydrogen) atoms. The first kappa shape index (κ1) is 120. The number of alkyl halides is 54. The molecule has 0 saturated heterocycles. The molecule has 0 fully saturated rings. The van der Waals surface area contributed by atoms with Gasteiger partial charge in [-0.1, -0.05) is 68.8 Å². The van der Waals surface area contributed by atoms with Gasteiger partial charge in [0, 0.05) is 36.1 Å². The van der Waals surface area contributed by atoms with Crippen molar-refractivity contribution in [2.24, 2.45) is 0 Å². The summed E-state index contributed by atoms with van der Waals surface area (Å²) in [5.74, 6) is -193. The van der Waals surface area contributed by atoms with E-state index in [1.165, 1.54) is 61.2 Å². The minimum absolute atomic E-state index is 0.203. The smallest absolute Gasteiger partial charge is 0.200 e. The maximum Gasteiger partial charge on any atom is 0.460 e. The summed E-state index contributed by atoms with van der Waals surface area (Å²) in [4.78, 5) is 0. The summed E-state index contributed by atoms with van der Waals surface area (Å²) in [6.45, 7) is 24.4. The first-order valence-electron chi connectivity index (χ1n) is 34.8. The van der Waals surface area contributed by atoms with Crippen LogP contribution in [0.15, 0.2) is 66.7 Å². The molecule has 0 bridgehead atoms. The zero-order chi connectivity index (χ0) is 105. The van der Waals surface area contributed by atoms with Crippen LogP contribution >= 0.6 is 0 Å². The van der Waals surface area contributed by atoms with Gasteiger partial charge in [0.05, 0.1) is 0 Å². The highest BCUT2D eigenvalue weighted by Crippen LogP contribution is 2.70. The van der Waals surface area contributed by atoms with Crippen molar-refractivity contribution < 1.29 is 237 Å². The van der Waals surface area contributed by atoms with Gasteiger partial charge in [-0.05, 0) is 205 Å². The van der Waals surface area contributed by atoms with Gasteiger partial charge in [-0.25, -0.2) is 0 Å². The first-order valence-corrected chi connectivity index (χ1v) is 34.8. The standard InChI is InChI=1S/C24H11F31.C20H11F23.C13H20.C10H14.C9H12/c1-6-5-9(12(29,30)15(35,36)18(41,42)20(45,46)21(47,48)22(49,50)23(51,52)24(53,54)55)7(2)4-8(6)11(27,28)14(33,34)17(39,40)19(43,44)16(37,38)13(31,32)10(3,25)26;1-6-5-9(12(25,26)15(31,32)17(35,36)18(37,38)19(39,40)20(41,42)43)7(2)4-8(6)11(23,24)14(29,30)16(33,34)13(27,28)10(3,21)22;1-9-7-12(13(4,5)6)8-10(2)11(9)3;1-7-5-8(2)10(4)9(3)6-7;1-7-5-4-6-8(2)9(7)3/h4-5H,1-3H3;4-5H,1-3H3;7-8H,1-6H3;5-6H,1-4H3;4-6H,1-3H3. The molecule has 0 heterocycles. The van der Waals surface area contributed by atoms with Gasteiger partial charge in [-0.3, -0.25) is 0 Å². The SMILES string of the molecule is Cc1cc(C(C)(C)C)cc(C)c1C.Cc1cc(C(F)(F)C(F)(F)C(F)(F)C(F)(F)C(F)(F)C(F)(F)C(F)(F)C(F)(F)F)c(C)cc1C(F)(F)C(F)(F)C(F)(F)C(F)(F)C(F)(F)C(F)(F)C(C)(F)F.Cc1cc(C(F)(F)C(F)(F)C(F)(F)C(F)(F)C(F)(F)C(F)(F)F)c(C)cc1C(F)(F)C(F)(F)C(F)(F)C(F)(F)C(C)(F)F.Cc1cc(C)c(C)c(C)c1.Cc1cccc(C)c1C. The molecule has 0 atom stereocenters. The summed E-state index contributed by atoms with van der Waals surface area (Å²) in [6, 6.07) is 10.6. The Morgan fingerprint density at radius 1 is 0.162 bits per heavy atom. The highest BCUT2D eigenvalue weighted by atomic mass is 19.5. The third kappa shape index (κ3) is 19.2. The van der Waals surface area contributed by atoms with Crippen molar-refractivity contribution >= 4 is 0 Å². The summed E-state index contributed by atoms with van der Waals surface area (Å²) in [6.07, 6.45) is -15.9. The number of benzene rings is 5. The fourth-order valence-corrected chi connectivity index (χ4v) is 10.9. The Balaban J connectivity index is 0.000000973. The van der Waals surface area contributed by atoms with Gasteiger partial charge < -0.3 is 0 Å². The van der Waals surface area contributed by atoms with Crippen molar-refractivity contribution in [2.75, 3.05) is 0 Å². The van der Waals surface area contributed by atoms with Crippen molar-refractivity contribution in [3.63, 3.8) is 0 Å². The van der Waals surface area contributed by atoms with Crippen LogP contribution in [0.5, 0.6) is 0 Å². The largest absolute Gasteiger partial charge is 0.460 e. The third-order valence-corrected chi connectivity index (χ3v) is 20.1. The molecular weight excluding hydrogens is 1940 g/mol. The molecule has 0 amide bonds. The summed E-state index contributed by atoms with van der Waals surface area (Å²) in [5, 5.41) is 0. The fraction of sp³-hybridized carbons (Fsp3) is 0.605. The van der Waals surface area contributed by atoms with Crippen LogP contribution in [-0.2, 0) is 29.1 Å². The van der Waals surface area contributed by atoms with Gasteiger partial charge in [0.15, 0.2) is 0 Å². The van der Waals surface area contributed by atoms with E-state index >= 15 is 0 Å². The Morgan fingerprint density at radius 2 is 0.315 bits per heavy atom. The zero-order valence-corrected chi connectivity index (χ0v) is 68.8. The second-order valence-corrected chi connectivity index (χ2v) is 30.9. The highest BCUT2D eigenvalue weighted by Gasteiger charge is 2.97.